The number of nitrogens with one attached hydrogen (secondary N) is 1. The van der Waals surface area contributed by atoms with Crippen molar-refractivity contribution >= 4 is 29.2 Å². The number of amides is 1. The number of halogens is 6. The number of carboxylic acid groups (broad SMARTS) is 2. The topological polar surface area (TPSA) is 134 Å². The van der Waals surface area contributed by atoms with Crippen LogP contribution in [0.15, 0.2) is 24.5 Å². The van der Waals surface area contributed by atoms with E-state index in [9.17, 15) is 31.1 Å². The Morgan fingerprint density at radius 1 is 1.10 bits per heavy atom. The van der Waals surface area contributed by atoms with Gasteiger partial charge < -0.3 is 24.8 Å². The molecule has 236 valence electrons. The second-order valence-electron chi connectivity index (χ2n) is 10.0. The van der Waals surface area contributed by atoms with Gasteiger partial charge in [-0.3, -0.25) is 9.69 Å². The van der Waals surface area contributed by atoms with E-state index in [1.165, 1.54) is 9.75 Å². The zero-order valence-electron chi connectivity index (χ0n) is 23.0. The van der Waals surface area contributed by atoms with Crippen LogP contribution in [-0.2, 0) is 37.8 Å². The average Bonchev–Trinajstić information content (AvgIpc) is 3.52. The van der Waals surface area contributed by atoms with Gasteiger partial charge in [-0.05, 0) is 37.8 Å². The fraction of sp³-hybridized carbons (Fsp3) is 0.600. The predicted molar refractivity (Wildman–Crippen MR) is 138 cm³/mol. The van der Waals surface area contributed by atoms with E-state index in [-0.39, 0.29) is 5.91 Å². The maximum Gasteiger partial charge on any atom is 0.490 e. The third-order valence-corrected chi connectivity index (χ3v) is 7.14. The van der Waals surface area contributed by atoms with Gasteiger partial charge in [0, 0.05) is 48.3 Å². The lowest BCUT2D eigenvalue weighted by Crippen LogP contribution is -2.54. The summed E-state index contributed by atoms with van der Waals surface area (Å²) in [6.45, 7) is 10.5. The molecular weight excluding hydrogens is 598 g/mol. The van der Waals surface area contributed by atoms with Gasteiger partial charge in [-0.2, -0.15) is 26.3 Å². The Balaban J connectivity index is 0.000000367. The Morgan fingerprint density at radius 2 is 1.64 bits per heavy atom. The van der Waals surface area contributed by atoms with E-state index >= 15 is 0 Å². The molecule has 2 aromatic rings. The summed E-state index contributed by atoms with van der Waals surface area (Å²) in [4.78, 5) is 40.3. The first-order chi connectivity index (χ1) is 19.3. The molecule has 2 aliphatic heterocycles. The van der Waals surface area contributed by atoms with Crippen molar-refractivity contribution in [1.82, 2.24) is 19.8 Å². The largest absolute Gasteiger partial charge is 0.490 e. The summed E-state index contributed by atoms with van der Waals surface area (Å²) < 4.78 is 72.1. The average molecular weight is 631 g/mol. The standard InChI is InChI=1S/C21H30N4O2S.2C2HF3O2/c1-15(2)12-23-19(26)18-14-25-11-8-22-20(25)21(27-18)6-9-24(10-7-21)13-17-5-4-16(3)28-17;2*3-2(4,5)1(6)7/h4-5,8,11,15,18H,6-7,9-10,12-14H2,1-3H3,(H,23,26);2*(H,6,7). The van der Waals surface area contributed by atoms with Crippen LogP contribution in [0.3, 0.4) is 0 Å². The van der Waals surface area contributed by atoms with E-state index in [0.29, 0.717) is 19.0 Å². The van der Waals surface area contributed by atoms with Crippen molar-refractivity contribution in [3.8, 4) is 0 Å². The third-order valence-electron chi connectivity index (χ3n) is 6.15. The van der Waals surface area contributed by atoms with E-state index in [1.807, 2.05) is 23.7 Å². The molecule has 1 spiro atoms. The van der Waals surface area contributed by atoms with E-state index < -0.39 is 36.0 Å². The lowest BCUT2D eigenvalue weighted by molar-refractivity contribution is -0.193. The predicted octanol–water partition coefficient (Wildman–Crippen LogP) is 4.18. The van der Waals surface area contributed by atoms with Crippen LogP contribution >= 0.6 is 11.3 Å². The Bertz CT molecular complexity index is 1180. The molecule has 4 rings (SSSR count). The lowest BCUT2D eigenvalue weighted by atomic mass is 9.88. The summed E-state index contributed by atoms with van der Waals surface area (Å²) in [7, 11) is 0. The number of carbonyl (C=O) groups is 3. The lowest BCUT2D eigenvalue weighted by Gasteiger charge is -2.45. The minimum atomic E-state index is -5.08. The van der Waals surface area contributed by atoms with Gasteiger partial charge in [0.05, 0.1) is 6.54 Å². The molecule has 2 aromatic heterocycles. The molecule has 0 aliphatic carbocycles. The minimum Gasteiger partial charge on any atom is -0.475 e. The molecule has 17 heteroatoms. The highest BCUT2D eigenvalue weighted by Gasteiger charge is 2.47. The fourth-order valence-corrected chi connectivity index (χ4v) is 5.09. The molecule has 42 heavy (non-hydrogen) atoms. The van der Waals surface area contributed by atoms with Crippen molar-refractivity contribution in [2.24, 2.45) is 5.92 Å². The summed E-state index contributed by atoms with van der Waals surface area (Å²) >= 11 is 1.87. The Labute approximate surface area is 241 Å². The van der Waals surface area contributed by atoms with Crippen molar-refractivity contribution in [2.45, 2.75) is 70.8 Å². The van der Waals surface area contributed by atoms with Crippen LogP contribution in [0.1, 0.15) is 42.3 Å². The molecule has 0 saturated carbocycles. The zero-order chi connectivity index (χ0) is 31.9. The van der Waals surface area contributed by atoms with Crippen LogP contribution in [0.25, 0.3) is 0 Å². The van der Waals surface area contributed by atoms with Crippen LogP contribution in [0, 0.1) is 12.8 Å². The number of aromatic nitrogens is 2. The number of nitrogens with zero attached hydrogens (tertiary/aromatic N) is 3. The molecule has 0 aromatic carbocycles. The summed E-state index contributed by atoms with van der Waals surface area (Å²) in [5.74, 6) is -4.12. The van der Waals surface area contributed by atoms with Crippen LogP contribution in [-0.4, -0.2) is 80.6 Å². The molecule has 1 amide bonds. The number of carboxylic acids is 2. The summed E-state index contributed by atoms with van der Waals surface area (Å²) in [5.41, 5.74) is -0.455. The molecule has 3 N–H and O–H groups in total. The normalized spacial score (nSPS) is 18.3. The van der Waals surface area contributed by atoms with Gasteiger partial charge in [0.15, 0.2) is 6.10 Å². The number of likely N-dealkylation sites (tertiary alicyclic amines) is 1. The van der Waals surface area contributed by atoms with E-state index in [2.05, 4.69) is 52.7 Å². The molecule has 0 bridgehead atoms. The van der Waals surface area contributed by atoms with Crippen molar-refractivity contribution in [3.63, 3.8) is 0 Å². The number of alkyl halides is 6. The van der Waals surface area contributed by atoms with E-state index in [4.69, 9.17) is 24.5 Å². The highest BCUT2D eigenvalue weighted by molar-refractivity contribution is 7.11. The summed E-state index contributed by atoms with van der Waals surface area (Å²) in [5, 5.41) is 17.3. The highest BCUT2D eigenvalue weighted by atomic mass is 32.1. The van der Waals surface area contributed by atoms with Crippen molar-refractivity contribution in [1.29, 1.82) is 0 Å². The van der Waals surface area contributed by atoms with Gasteiger partial charge in [-0.1, -0.05) is 13.8 Å². The smallest absolute Gasteiger partial charge is 0.475 e. The number of aryl methyl sites for hydroxylation is 1. The van der Waals surface area contributed by atoms with Gasteiger partial charge in [-0.25, -0.2) is 14.6 Å². The summed E-state index contributed by atoms with van der Waals surface area (Å²) in [6.07, 6.45) is -5.09. The number of thiophene rings is 1. The molecule has 1 atom stereocenters. The van der Waals surface area contributed by atoms with Crippen molar-refractivity contribution < 1.29 is 55.7 Å². The quantitative estimate of drug-likeness (QED) is 0.419. The molecule has 1 saturated heterocycles. The van der Waals surface area contributed by atoms with E-state index in [1.54, 1.807) is 0 Å². The molecule has 1 fully saturated rings. The minimum absolute atomic E-state index is 0.0103. The van der Waals surface area contributed by atoms with Gasteiger partial charge in [0.2, 0.25) is 0 Å². The highest BCUT2D eigenvalue weighted by Crippen LogP contribution is 2.40. The molecule has 2 aliphatic rings. The number of piperidine rings is 1. The van der Waals surface area contributed by atoms with Crippen LogP contribution < -0.4 is 5.32 Å². The van der Waals surface area contributed by atoms with Gasteiger partial charge in [-0.15, -0.1) is 11.3 Å². The van der Waals surface area contributed by atoms with Crippen LogP contribution in [0.4, 0.5) is 26.3 Å². The SMILES string of the molecule is Cc1ccc(CN2CCC3(CC2)OC(C(=O)NCC(C)C)Cn2ccnc23)s1.O=C(O)C(F)(F)F.O=C(O)C(F)(F)F. The van der Waals surface area contributed by atoms with Crippen LogP contribution in [0.5, 0.6) is 0 Å². The maximum atomic E-state index is 12.7. The van der Waals surface area contributed by atoms with Gasteiger partial charge in [0.25, 0.3) is 5.91 Å². The molecule has 1 unspecified atom stereocenters. The number of aliphatic carboxylic acids is 2. The maximum absolute atomic E-state index is 12.7. The summed E-state index contributed by atoms with van der Waals surface area (Å²) in [6, 6.07) is 4.41. The van der Waals surface area contributed by atoms with Crippen molar-refractivity contribution in [3.05, 3.63) is 40.1 Å². The number of hydrogen-bond acceptors (Lipinski definition) is 7. The second kappa shape index (κ2) is 14.3. The first-order valence-corrected chi connectivity index (χ1v) is 13.5. The number of fused-ring (bicyclic) bond motifs is 2. The number of ether oxygens (including phenoxy) is 1. The number of carbonyl (C=O) groups excluding carboxylic acids is 1. The number of hydrogen-bond donors (Lipinski definition) is 3. The molecule has 10 nitrogen and oxygen atoms in total. The Hall–Kier alpha value is -3.18. The van der Waals surface area contributed by atoms with Gasteiger partial charge in [0.1, 0.15) is 11.4 Å². The van der Waals surface area contributed by atoms with Gasteiger partial charge >= 0.3 is 24.3 Å². The first-order valence-electron chi connectivity index (χ1n) is 12.7. The third kappa shape index (κ3) is 10.3. The zero-order valence-corrected chi connectivity index (χ0v) is 23.8. The molecular formula is C25H32F6N4O6S. The Morgan fingerprint density at radius 3 is 2.10 bits per heavy atom. The first kappa shape index (κ1) is 35.0. The Kier molecular flexibility index (Phi) is 11.9. The number of imidazole rings is 1. The monoisotopic (exact) mass is 630 g/mol. The second-order valence-corrected chi connectivity index (χ2v) is 11.4. The van der Waals surface area contributed by atoms with Crippen molar-refractivity contribution in [2.75, 3.05) is 19.6 Å². The number of rotatable bonds is 5. The fourth-order valence-electron chi connectivity index (χ4n) is 4.16. The van der Waals surface area contributed by atoms with Crippen LogP contribution in [0.2, 0.25) is 0 Å². The van der Waals surface area contributed by atoms with E-state index in [0.717, 1.165) is 38.3 Å². The molecule has 4 heterocycles. The molecule has 0 radical (unpaired) electrons.